The van der Waals surface area contributed by atoms with Crippen LogP contribution >= 0.6 is 11.8 Å². The quantitative estimate of drug-likeness (QED) is 0.381. The summed E-state index contributed by atoms with van der Waals surface area (Å²) in [6.07, 6.45) is 9.65. The number of Topliss-reactive ketones (excluding diaryl/α,β-unsaturated/α-hetero) is 1. The average Bonchev–Trinajstić information content (AvgIpc) is 3.11. The van der Waals surface area contributed by atoms with Gasteiger partial charge in [-0.1, -0.05) is 24.6 Å². The van der Waals surface area contributed by atoms with E-state index in [1.165, 1.54) is 34.1 Å². The van der Waals surface area contributed by atoms with Crippen molar-refractivity contribution in [3.8, 4) is 0 Å². The van der Waals surface area contributed by atoms with Crippen LogP contribution in [0.2, 0.25) is 0 Å². The second-order valence-corrected chi connectivity index (χ2v) is 11.7. The van der Waals surface area contributed by atoms with Crippen molar-refractivity contribution in [3.05, 3.63) is 52.6 Å². The molecule has 2 saturated carbocycles. The van der Waals surface area contributed by atoms with Gasteiger partial charge in [0.1, 0.15) is 0 Å². The van der Waals surface area contributed by atoms with E-state index in [4.69, 9.17) is 4.74 Å². The Morgan fingerprint density at radius 1 is 1.06 bits per heavy atom. The smallest absolute Gasteiger partial charge is 0.303 e. The lowest BCUT2D eigenvalue weighted by atomic mass is 9.53. The maximum absolute atomic E-state index is 12.9. The zero-order valence-electron chi connectivity index (χ0n) is 20.6. The molecule has 0 N–H and O–H groups in total. The number of ketones is 2. The number of rotatable bonds is 4. The van der Waals surface area contributed by atoms with Gasteiger partial charge in [-0.05, 0) is 98.5 Å². The number of hydrogen-bond acceptors (Lipinski definition) is 5. The van der Waals surface area contributed by atoms with Crippen LogP contribution in [0.3, 0.4) is 0 Å². The maximum Gasteiger partial charge on any atom is 0.303 e. The minimum Gasteiger partial charge on any atom is -0.451 e. The maximum atomic E-state index is 12.9. The summed E-state index contributed by atoms with van der Waals surface area (Å²) in [4.78, 5) is 38.9. The molecule has 0 heterocycles. The summed E-state index contributed by atoms with van der Waals surface area (Å²) in [5.41, 5.74) is 3.97. The molecule has 4 aliphatic rings. The first-order valence-corrected chi connectivity index (χ1v) is 13.7. The summed E-state index contributed by atoms with van der Waals surface area (Å²) in [5, 5.41) is 0. The standard InChI is InChI=1S/C29H34O4S/c1-17(30)29(33-18(2)31)14-12-26-23-10-7-20-15-21(32)16-25(19-5-8-22(34-4)9-6-19)27(20)24(23)11-13-28(26,29)3/h5-6,8-9,15,23,25-26H,7,10-14,16H2,1-4H3/t23-,25?,26+,28+,29+/m1/s1. The van der Waals surface area contributed by atoms with Gasteiger partial charge in [0.2, 0.25) is 0 Å². The van der Waals surface area contributed by atoms with E-state index in [9.17, 15) is 14.4 Å². The number of esters is 1. The lowest BCUT2D eigenvalue weighted by Gasteiger charge is -2.52. The highest BCUT2D eigenvalue weighted by Gasteiger charge is 2.65. The lowest BCUT2D eigenvalue weighted by molar-refractivity contribution is -0.181. The van der Waals surface area contributed by atoms with Gasteiger partial charge in [0.05, 0.1) is 0 Å². The molecule has 5 rings (SSSR count). The van der Waals surface area contributed by atoms with Crippen LogP contribution in [-0.2, 0) is 19.1 Å². The summed E-state index contributed by atoms with van der Waals surface area (Å²) in [6, 6.07) is 8.69. The summed E-state index contributed by atoms with van der Waals surface area (Å²) < 4.78 is 5.88. The van der Waals surface area contributed by atoms with Crippen molar-refractivity contribution in [3.63, 3.8) is 0 Å². The molecule has 1 aromatic rings. The molecule has 1 unspecified atom stereocenters. The van der Waals surface area contributed by atoms with Crippen LogP contribution in [0.25, 0.3) is 0 Å². The van der Waals surface area contributed by atoms with Gasteiger partial charge < -0.3 is 4.74 Å². The molecule has 5 heteroatoms. The van der Waals surface area contributed by atoms with Crippen molar-refractivity contribution < 1.29 is 19.1 Å². The zero-order chi connectivity index (χ0) is 24.3. The van der Waals surface area contributed by atoms with E-state index in [1.54, 1.807) is 18.7 Å². The minimum absolute atomic E-state index is 0.0183. The Balaban J connectivity index is 1.58. The van der Waals surface area contributed by atoms with Crippen LogP contribution in [0, 0.1) is 17.3 Å². The number of ether oxygens (including phenoxy) is 1. The van der Waals surface area contributed by atoms with Crippen molar-refractivity contribution in [2.75, 3.05) is 6.26 Å². The molecule has 34 heavy (non-hydrogen) atoms. The molecule has 5 atom stereocenters. The Morgan fingerprint density at radius 2 is 1.79 bits per heavy atom. The monoisotopic (exact) mass is 478 g/mol. The van der Waals surface area contributed by atoms with Crippen LogP contribution in [0.15, 0.2) is 52.0 Å². The van der Waals surface area contributed by atoms with Crippen molar-refractivity contribution in [2.24, 2.45) is 17.3 Å². The van der Waals surface area contributed by atoms with E-state index in [0.29, 0.717) is 24.7 Å². The van der Waals surface area contributed by atoms with Crippen LogP contribution in [0.5, 0.6) is 0 Å². The molecule has 0 bridgehead atoms. The SMILES string of the molecule is CSc1ccc(C2CC(=O)C=C3CC[C@@H]4C(=C32)CC[C@@]2(C)[C@H]4CC[C@]2(OC(C)=O)C(C)=O)cc1. The molecule has 0 saturated heterocycles. The molecule has 4 aliphatic carbocycles. The van der Waals surface area contributed by atoms with Gasteiger partial charge in [-0.15, -0.1) is 11.8 Å². The van der Waals surface area contributed by atoms with Gasteiger partial charge in [0.15, 0.2) is 17.2 Å². The van der Waals surface area contributed by atoms with Gasteiger partial charge in [0.25, 0.3) is 0 Å². The number of allylic oxidation sites excluding steroid dienone is 4. The molecular weight excluding hydrogens is 444 g/mol. The largest absolute Gasteiger partial charge is 0.451 e. The van der Waals surface area contributed by atoms with E-state index in [1.807, 2.05) is 6.08 Å². The fourth-order valence-corrected chi connectivity index (χ4v) is 8.23. The number of hydrogen-bond donors (Lipinski definition) is 0. The summed E-state index contributed by atoms with van der Waals surface area (Å²) in [5.74, 6) is 0.640. The highest BCUT2D eigenvalue weighted by molar-refractivity contribution is 7.98. The van der Waals surface area contributed by atoms with Gasteiger partial charge in [-0.3, -0.25) is 14.4 Å². The van der Waals surface area contributed by atoms with Crippen LogP contribution in [0.4, 0.5) is 0 Å². The predicted molar refractivity (Wildman–Crippen MR) is 134 cm³/mol. The Labute approximate surface area is 206 Å². The predicted octanol–water partition coefficient (Wildman–Crippen LogP) is 6.20. The number of carbonyl (C=O) groups is 3. The summed E-state index contributed by atoms with van der Waals surface area (Å²) >= 11 is 1.73. The van der Waals surface area contributed by atoms with Gasteiger partial charge >= 0.3 is 5.97 Å². The first kappa shape index (κ1) is 23.6. The summed E-state index contributed by atoms with van der Waals surface area (Å²) in [6.45, 7) is 5.19. The fraction of sp³-hybridized carbons (Fsp3) is 0.552. The van der Waals surface area contributed by atoms with Crippen LogP contribution in [0.1, 0.15) is 77.2 Å². The minimum atomic E-state index is -1.01. The first-order valence-electron chi connectivity index (χ1n) is 12.5. The second kappa shape index (κ2) is 8.51. The van der Waals surface area contributed by atoms with Gasteiger partial charge in [-0.25, -0.2) is 0 Å². The Bertz CT molecular complexity index is 1110. The number of carbonyl (C=O) groups excluding carboxylic acids is 3. The Hall–Kier alpha value is -2.14. The van der Waals surface area contributed by atoms with E-state index >= 15 is 0 Å². The second-order valence-electron chi connectivity index (χ2n) is 10.8. The molecule has 0 spiro atoms. The number of fused-ring (bicyclic) bond motifs is 4. The van der Waals surface area contributed by atoms with Crippen molar-refractivity contribution in [1.29, 1.82) is 0 Å². The number of benzene rings is 1. The molecule has 0 radical (unpaired) electrons. The first-order chi connectivity index (χ1) is 16.2. The van der Waals surface area contributed by atoms with Gasteiger partial charge in [-0.2, -0.15) is 0 Å². The summed E-state index contributed by atoms with van der Waals surface area (Å²) in [7, 11) is 0. The van der Waals surface area contributed by atoms with E-state index < -0.39 is 5.60 Å². The van der Waals surface area contributed by atoms with Crippen molar-refractivity contribution in [2.45, 2.75) is 82.1 Å². The number of thioether (sulfide) groups is 1. The van der Waals surface area contributed by atoms with Crippen molar-refractivity contribution in [1.82, 2.24) is 0 Å². The third kappa shape index (κ3) is 3.45. The molecule has 1 aromatic carbocycles. The molecule has 4 nitrogen and oxygen atoms in total. The van der Waals surface area contributed by atoms with Crippen LogP contribution in [-0.4, -0.2) is 29.4 Å². The van der Waals surface area contributed by atoms with Crippen LogP contribution < -0.4 is 0 Å². The average molecular weight is 479 g/mol. The van der Waals surface area contributed by atoms with Crippen molar-refractivity contribution >= 4 is 29.3 Å². The topological polar surface area (TPSA) is 60.4 Å². The highest BCUT2D eigenvalue weighted by Crippen LogP contribution is 2.65. The molecular formula is C29H34O4S. The fourth-order valence-electron chi connectivity index (χ4n) is 7.82. The Morgan fingerprint density at radius 3 is 2.44 bits per heavy atom. The third-order valence-corrected chi connectivity index (χ3v) is 10.0. The van der Waals surface area contributed by atoms with E-state index in [2.05, 4.69) is 37.4 Å². The van der Waals surface area contributed by atoms with E-state index in [0.717, 1.165) is 32.1 Å². The molecule has 0 amide bonds. The van der Waals surface area contributed by atoms with E-state index in [-0.39, 0.29) is 28.9 Å². The lowest BCUT2D eigenvalue weighted by Crippen LogP contribution is -2.56. The molecule has 180 valence electrons. The zero-order valence-corrected chi connectivity index (χ0v) is 21.4. The molecule has 0 aliphatic heterocycles. The Kier molecular flexibility index (Phi) is 5.91. The third-order valence-electron chi connectivity index (χ3n) is 9.31. The highest BCUT2D eigenvalue weighted by atomic mass is 32.2. The normalized spacial score (nSPS) is 34.6. The van der Waals surface area contributed by atoms with Gasteiger partial charge in [0, 0.05) is 29.6 Å². The molecule has 2 fully saturated rings. The molecule has 0 aromatic heterocycles.